The van der Waals surface area contributed by atoms with E-state index in [9.17, 15) is 9.59 Å². The Balaban J connectivity index is 1.59. The SMILES string of the molecule is C=C(CCCCCC(=O)NCC)C1(C2(C(=O)NCC)C3=CC=C2C=C3)C2=CC=C1C=C2. The van der Waals surface area contributed by atoms with Gasteiger partial charge in [0.2, 0.25) is 11.8 Å². The lowest BCUT2D eigenvalue weighted by atomic mass is 9.52. The molecule has 0 saturated heterocycles. The molecule has 0 radical (unpaired) electrons. The summed E-state index contributed by atoms with van der Waals surface area (Å²) in [6.07, 6.45) is 21.1. The molecule has 0 unspecified atom stereocenters. The molecule has 0 aromatic rings. The van der Waals surface area contributed by atoms with E-state index in [-0.39, 0.29) is 11.8 Å². The van der Waals surface area contributed by atoms with E-state index in [0.29, 0.717) is 19.5 Å². The smallest absolute Gasteiger partial charge is 0.236 e. The van der Waals surface area contributed by atoms with E-state index in [1.54, 1.807) is 0 Å². The fourth-order valence-corrected chi connectivity index (χ4v) is 5.81. The lowest BCUT2D eigenvalue weighted by molar-refractivity contribution is -0.129. The van der Waals surface area contributed by atoms with Gasteiger partial charge in [0.25, 0.3) is 0 Å². The van der Waals surface area contributed by atoms with Crippen LogP contribution in [0.25, 0.3) is 0 Å². The van der Waals surface area contributed by atoms with E-state index in [1.807, 2.05) is 13.8 Å². The van der Waals surface area contributed by atoms with E-state index < -0.39 is 10.8 Å². The molecule has 0 aromatic carbocycles. The van der Waals surface area contributed by atoms with Crippen LogP contribution in [0.1, 0.15) is 46.0 Å². The number of carbonyl (C=O) groups is 2. The first-order valence-corrected chi connectivity index (χ1v) is 11.5. The van der Waals surface area contributed by atoms with Crippen LogP contribution in [0.3, 0.4) is 0 Å². The molecule has 162 valence electrons. The van der Waals surface area contributed by atoms with Crippen LogP contribution in [-0.4, -0.2) is 24.9 Å². The molecule has 2 amide bonds. The first-order valence-electron chi connectivity index (χ1n) is 11.5. The molecule has 0 aromatic heterocycles. The van der Waals surface area contributed by atoms with Crippen molar-refractivity contribution in [2.45, 2.75) is 46.0 Å². The van der Waals surface area contributed by atoms with Crippen molar-refractivity contribution in [3.05, 3.63) is 83.1 Å². The van der Waals surface area contributed by atoms with Crippen molar-refractivity contribution in [1.82, 2.24) is 10.6 Å². The van der Waals surface area contributed by atoms with Crippen LogP contribution in [0.2, 0.25) is 0 Å². The topological polar surface area (TPSA) is 58.2 Å². The van der Waals surface area contributed by atoms with Gasteiger partial charge < -0.3 is 10.6 Å². The number of hydrogen-bond acceptors (Lipinski definition) is 2. The van der Waals surface area contributed by atoms with Crippen LogP contribution in [-0.2, 0) is 9.59 Å². The largest absolute Gasteiger partial charge is 0.356 e. The minimum atomic E-state index is -0.779. The maximum Gasteiger partial charge on any atom is 0.236 e. The predicted octanol–water partition coefficient (Wildman–Crippen LogP) is 4.61. The second-order valence-corrected chi connectivity index (χ2v) is 8.63. The summed E-state index contributed by atoms with van der Waals surface area (Å²) in [6.45, 7) is 9.75. The second-order valence-electron chi connectivity index (χ2n) is 8.63. The lowest BCUT2D eigenvalue weighted by Gasteiger charge is -2.48. The van der Waals surface area contributed by atoms with Gasteiger partial charge in [0, 0.05) is 19.5 Å². The van der Waals surface area contributed by atoms with Gasteiger partial charge in [-0.3, -0.25) is 9.59 Å². The number of nitrogens with one attached hydrogen (secondary N) is 2. The number of fused-ring (bicyclic) bond motifs is 5. The maximum absolute atomic E-state index is 13.8. The summed E-state index contributed by atoms with van der Waals surface area (Å²) in [5, 5.41) is 5.98. The Labute approximate surface area is 185 Å². The van der Waals surface area contributed by atoms with Gasteiger partial charge in [0.1, 0.15) is 5.41 Å². The number of carbonyl (C=O) groups excluding carboxylic acids is 2. The summed E-state index contributed by atoms with van der Waals surface area (Å²) in [7, 11) is 0. The van der Waals surface area contributed by atoms with E-state index >= 15 is 0 Å². The highest BCUT2D eigenvalue weighted by atomic mass is 16.2. The summed E-state index contributed by atoms with van der Waals surface area (Å²) in [6, 6.07) is 0. The van der Waals surface area contributed by atoms with Gasteiger partial charge in [-0.25, -0.2) is 0 Å². The molecular formula is C27H32N2O2. The number of amides is 2. The molecular weight excluding hydrogens is 384 g/mol. The summed E-state index contributed by atoms with van der Waals surface area (Å²) >= 11 is 0. The van der Waals surface area contributed by atoms with Gasteiger partial charge in [-0.05, 0) is 55.4 Å². The second kappa shape index (κ2) is 8.33. The Morgan fingerprint density at radius 1 is 0.742 bits per heavy atom. The molecule has 0 spiro atoms. The van der Waals surface area contributed by atoms with E-state index in [2.05, 4.69) is 65.8 Å². The average Bonchev–Trinajstić information content (AvgIpc) is 3.51. The third-order valence-corrected chi connectivity index (χ3v) is 7.03. The van der Waals surface area contributed by atoms with E-state index in [1.165, 1.54) is 0 Å². The Bertz CT molecular complexity index is 956. The highest BCUT2D eigenvalue weighted by Crippen LogP contribution is 2.70. The molecule has 4 rings (SSSR count). The summed E-state index contributed by atoms with van der Waals surface area (Å²) in [5.74, 6) is 0.170. The van der Waals surface area contributed by atoms with Gasteiger partial charge in [0.15, 0.2) is 0 Å². The highest BCUT2D eigenvalue weighted by Gasteiger charge is 2.67. The van der Waals surface area contributed by atoms with E-state index in [4.69, 9.17) is 0 Å². The predicted molar refractivity (Wildman–Crippen MR) is 125 cm³/mol. The normalized spacial score (nSPS) is 20.3. The van der Waals surface area contributed by atoms with Crippen LogP contribution in [0.4, 0.5) is 0 Å². The fraction of sp³-hybridized carbons (Fsp3) is 0.407. The zero-order valence-electron chi connectivity index (χ0n) is 18.6. The van der Waals surface area contributed by atoms with Crippen molar-refractivity contribution in [1.29, 1.82) is 0 Å². The van der Waals surface area contributed by atoms with E-state index in [0.717, 1.165) is 53.5 Å². The van der Waals surface area contributed by atoms with Crippen LogP contribution < -0.4 is 10.6 Å². The molecule has 0 aliphatic heterocycles. The van der Waals surface area contributed by atoms with Gasteiger partial charge in [0.05, 0.1) is 5.41 Å². The molecule has 0 heterocycles. The fourth-order valence-electron chi connectivity index (χ4n) is 5.81. The van der Waals surface area contributed by atoms with Crippen LogP contribution in [0.15, 0.2) is 83.1 Å². The van der Waals surface area contributed by atoms with Crippen LogP contribution >= 0.6 is 0 Å². The lowest BCUT2D eigenvalue weighted by Crippen LogP contribution is -2.53. The summed E-state index contributed by atoms with van der Waals surface area (Å²) in [5.41, 5.74) is 4.16. The molecule has 4 nitrogen and oxygen atoms in total. The van der Waals surface area contributed by atoms with Crippen LogP contribution in [0.5, 0.6) is 0 Å². The standard InChI is InChI=1S/C27H32N2O2/c1-4-28-24(30)10-8-6-7-9-19(3)26(20-11-12-21(26)14-13-20)27(25(31)29-5-2)22-15-16-23(27)18-17-22/h11-18H,3-10H2,1-2H3,(H,28,30)(H,29,31). The minimum Gasteiger partial charge on any atom is -0.356 e. The maximum atomic E-state index is 13.8. The molecule has 4 aliphatic rings. The number of hydrogen-bond donors (Lipinski definition) is 2. The third-order valence-electron chi connectivity index (χ3n) is 7.03. The van der Waals surface area contributed by atoms with Gasteiger partial charge in [-0.1, -0.05) is 67.2 Å². The Hall–Kier alpha value is -2.88. The number of unbranched alkanes of at least 4 members (excludes halogenated alkanes) is 2. The quantitative estimate of drug-likeness (QED) is 0.382. The molecule has 0 saturated carbocycles. The van der Waals surface area contributed by atoms with Crippen molar-refractivity contribution in [2.24, 2.45) is 10.8 Å². The minimum absolute atomic E-state index is 0.0507. The zero-order chi connectivity index (χ0) is 22.1. The van der Waals surface area contributed by atoms with Crippen molar-refractivity contribution in [3.63, 3.8) is 0 Å². The summed E-state index contributed by atoms with van der Waals surface area (Å²) < 4.78 is 0. The molecule has 4 heteroatoms. The monoisotopic (exact) mass is 416 g/mol. The van der Waals surface area contributed by atoms with Gasteiger partial charge in [-0.15, -0.1) is 0 Å². The first-order chi connectivity index (χ1) is 15.0. The van der Waals surface area contributed by atoms with Crippen molar-refractivity contribution in [3.8, 4) is 0 Å². The Morgan fingerprint density at radius 3 is 1.71 bits per heavy atom. The average molecular weight is 417 g/mol. The molecule has 0 atom stereocenters. The molecule has 4 bridgehead atoms. The number of rotatable bonds is 11. The Morgan fingerprint density at radius 2 is 1.23 bits per heavy atom. The van der Waals surface area contributed by atoms with Crippen molar-refractivity contribution < 1.29 is 9.59 Å². The molecule has 0 fully saturated rings. The first kappa shape index (κ1) is 21.4. The molecule has 4 aliphatic carbocycles. The zero-order valence-corrected chi connectivity index (χ0v) is 18.6. The molecule has 31 heavy (non-hydrogen) atoms. The van der Waals surface area contributed by atoms with Crippen molar-refractivity contribution in [2.75, 3.05) is 13.1 Å². The number of allylic oxidation sites excluding steroid dienone is 11. The van der Waals surface area contributed by atoms with Crippen LogP contribution in [0, 0.1) is 10.8 Å². The highest BCUT2D eigenvalue weighted by molar-refractivity contribution is 5.99. The summed E-state index contributed by atoms with van der Waals surface area (Å²) in [4.78, 5) is 25.5. The van der Waals surface area contributed by atoms with Gasteiger partial charge in [-0.2, -0.15) is 0 Å². The van der Waals surface area contributed by atoms with Crippen molar-refractivity contribution >= 4 is 11.8 Å². The molecule has 2 N–H and O–H groups in total. The van der Waals surface area contributed by atoms with Gasteiger partial charge >= 0.3 is 0 Å². The third kappa shape index (κ3) is 2.95. The Kier molecular flexibility index (Phi) is 5.74.